The third kappa shape index (κ3) is 3.43. The van der Waals surface area contributed by atoms with E-state index >= 15 is 0 Å². The van der Waals surface area contributed by atoms with Crippen LogP contribution in [0.3, 0.4) is 0 Å². The van der Waals surface area contributed by atoms with Crippen LogP contribution in [0.2, 0.25) is 0 Å². The molecule has 0 spiro atoms. The van der Waals surface area contributed by atoms with E-state index in [2.05, 4.69) is 5.10 Å². The standard InChI is InChI=1S/C14H19N3O3S/c1-10-11(2)14(21(15,18)19)5-4-13(10)20-9-7-12-6-8-16-17(12)3/h4-6,8H,7,9H2,1-3H3,(H2,15,18,19). The second kappa shape index (κ2) is 5.87. The number of aryl methyl sites for hydroxylation is 1. The van der Waals surface area contributed by atoms with E-state index in [0.717, 1.165) is 17.7 Å². The number of nitrogens with two attached hydrogens (primary N) is 1. The lowest BCUT2D eigenvalue weighted by molar-refractivity contribution is 0.316. The van der Waals surface area contributed by atoms with Crippen LogP contribution in [0.25, 0.3) is 0 Å². The summed E-state index contributed by atoms with van der Waals surface area (Å²) in [6, 6.07) is 5.06. The van der Waals surface area contributed by atoms with Gasteiger partial charge in [-0.3, -0.25) is 4.68 Å². The van der Waals surface area contributed by atoms with Crippen molar-refractivity contribution in [2.75, 3.05) is 6.61 Å². The Kier molecular flexibility index (Phi) is 4.34. The fourth-order valence-electron chi connectivity index (χ4n) is 2.15. The molecule has 114 valence electrons. The van der Waals surface area contributed by atoms with Gasteiger partial charge in [0.05, 0.1) is 11.5 Å². The molecule has 0 amide bonds. The van der Waals surface area contributed by atoms with Crippen LogP contribution in [0.1, 0.15) is 16.8 Å². The van der Waals surface area contributed by atoms with Gasteiger partial charge >= 0.3 is 0 Å². The summed E-state index contributed by atoms with van der Waals surface area (Å²) in [5, 5.41) is 9.27. The first-order chi connectivity index (χ1) is 9.80. The van der Waals surface area contributed by atoms with Crippen LogP contribution in [0, 0.1) is 13.8 Å². The lowest BCUT2D eigenvalue weighted by Crippen LogP contribution is -2.14. The number of sulfonamides is 1. The molecule has 1 heterocycles. The Morgan fingerprint density at radius 3 is 2.52 bits per heavy atom. The van der Waals surface area contributed by atoms with E-state index in [4.69, 9.17) is 9.88 Å². The minimum atomic E-state index is -3.70. The third-order valence-electron chi connectivity index (χ3n) is 3.53. The predicted molar refractivity (Wildman–Crippen MR) is 79.7 cm³/mol. The molecule has 7 heteroatoms. The highest BCUT2D eigenvalue weighted by atomic mass is 32.2. The number of aromatic nitrogens is 2. The Bertz CT molecular complexity index is 751. The zero-order valence-corrected chi connectivity index (χ0v) is 13.1. The minimum absolute atomic E-state index is 0.138. The summed E-state index contributed by atoms with van der Waals surface area (Å²) in [6.45, 7) is 4.04. The average molecular weight is 309 g/mol. The molecule has 1 aromatic heterocycles. The van der Waals surface area contributed by atoms with Crippen molar-refractivity contribution >= 4 is 10.0 Å². The first kappa shape index (κ1) is 15.5. The Morgan fingerprint density at radius 2 is 1.95 bits per heavy atom. The SMILES string of the molecule is Cc1c(OCCc2ccnn2C)ccc(S(N)(=O)=O)c1C. The molecule has 2 N–H and O–H groups in total. The highest BCUT2D eigenvalue weighted by Crippen LogP contribution is 2.26. The zero-order valence-electron chi connectivity index (χ0n) is 12.3. The summed E-state index contributed by atoms with van der Waals surface area (Å²) in [4.78, 5) is 0.138. The first-order valence-electron chi connectivity index (χ1n) is 6.53. The van der Waals surface area contributed by atoms with Crippen LogP contribution in [0.5, 0.6) is 5.75 Å². The average Bonchev–Trinajstić information content (AvgIpc) is 2.79. The predicted octanol–water partition coefficient (Wildman–Crippen LogP) is 1.31. The molecular formula is C14H19N3O3S. The van der Waals surface area contributed by atoms with Gasteiger partial charge in [-0.05, 0) is 43.2 Å². The quantitative estimate of drug-likeness (QED) is 0.902. The van der Waals surface area contributed by atoms with Crippen LogP contribution in [0.4, 0.5) is 0 Å². The van der Waals surface area contributed by atoms with Crippen molar-refractivity contribution in [3.05, 3.63) is 41.2 Å². The van der Waals surface area contributed by atoms with Crippen molar-refractivity contribution in [3.8, 4) is 5.75 Å². The fraction of sp³-hybridized carbons (Fsp3) is 0.357. The molecule has 0 aliphatic heterocycles. The van der Waals surface area contributed by atoms with Gasteiger partial charge in [0, 0.05) is 25.4 Å². The topological polar surface area (TPSA) is 87.2 Å². The Balaban J connectivity index is 2.12. The van der Waals surface area contributed by atoms with Crippen molar-refractivity contribution in [2.24, 2.45) is 12.2 Å². The van der Waals surface area contributed by atoms with Crippen molar-refractivity contribution < 1.29 is 13.2 Å². The maximum absolute atomic E-state index is 11.5. The van der Waals surface area contributed by atoms with Gasteiger partial charge in [0.2, 0.25) is 10.0 Å². The van der Waals surface area contributed by atoms with Gasteiger partial charge in [0.25, 0.3) is 0 Å². The largest absolute Gasteiger partial charge is 0.493 e. The molecule has 21 heavy (non-hydrogen) atoms. The molecule has 0 aliphatic rings. The van der Waals surface area contributed by atoms with E-state index < -0.39 is 10.0 Å². The van der Waals surface area contributed by atoms with Gasteiger partial charge in [-0.25, -0.2) is 13.6 Å². The molecular weight excluding hydrogens is 290 g/mol. The summed E-state index contributed by atoms with van der Waals surface area (Å²) < 4.78 is 30.4. The summed E-state index contributed by atoms with van der Waals surface area (Å²) >= 11 is 0. The maximum Gasteiger partial charge on any atom is 0.238 e. The maximum atomic E-state index is 11.5. The van der Waals surface area contributed by atoms with Gasteiger partial charge in [-0.2, -0.15) is 5.10 Å². The van der Waals surface area contributed by atoms with Crippen LogP contribution < -0.4 is 9.88 Å². The smallest absolute Gasteiger partial charge is 0.238 e. The van der Waals surface area contributed by atoms with Gasteiger partial charge < -0.3 is 4.74 Å². The highest BCUT2D eigenvalue weighted by molar-refractivity contribution is 7.89. The monoisotopic (exact) mass is 309 g/mol. The van der Waals surface area contributed by atoms with Crippen molar-refractivity contribution in [2.45, 2.75) is 25.2 Å². The van der Waals surface area contributed by atoms with Crippen LogP contribution >= 0.6 is 0 Å². The molecule has 0 aliphatic carbocycles. The Labute approximate surface area is 124 Å². The molecule has 2 rings (SSSR count). The van der Waals surface area contributed by atoms with Gasteiger partial charge in [-0.1, -0.05) is 0 Å². The van der Waals surface area contributed by atoms with E-state index in [1.165, 1.54) is 6.07 Å². The second-order valence-corrected chi connectivity index (χ2v) is 6.43. The van der Waals surface area contributed by atoms with Crippen LogP contribution in [-0.2, 0) is 23.5 Å². The molecule has 0 radical (unpaired) electrons. The molecule has 0 unspecified atom stereocenters. The number of hydrogen-bond donors (Lipinski definition) is 1. The molecule has 0 bridgehead atoms. The van der Waals surface area contributed by atoms with Gasteiger partial charge in [0.15, 0.2) is 0 Å². The van der Waals surface area contributed by atoms with Crippen molar-refractivity contribution in [1.29, 1.82) is 0 Å². The number of nitrogens with zero attached hydrogens (tertiary/aromatic N) is 2. The Hall–Kier alpha value is -1.86. The number of benzene rings is 1. The van der Waals surface area contributed by atoms with Gasteiger partial charge in [-0.15, -0.1) is 0 Å². The van der Waals surface area contributed by atoms with Crippen molar-refractivity contribution in [3.63, 3.8) is 0 Å². The Morgan fingerprint density at radius 1 is 1.24 bits per heavy atom. The second-order valence-electron chi connectivity index (χ2n) is 4.90. The molecule has 0 saturated heterocycles. The number of primary sulfonamides is 1. The fourth-order valence-corrected chi connectivity index (χ4v) is 2.99. The van der Waals surface area contributed by atoms with E-state index in [-0.39, 0.29) is 4.90 Å². The highest BCUT2D eigenvalue weighted by Gasteiger charge is 2.15. The molecule has 2 aromatic rings. The normalized spacial score (nSPS) is 11.6. The summed E-state index contributed by atoms with van der Waals surface area (Å²) in [5.74, 6) is 0.669. The lowest BCUT2D eigenvalue weighted by Gasteiger charge is -2.13. The molecule has 0 atom stereocenters. The van der Waals surface area contributed by atoms with Crippen LogP contribution in [0.15, 0.2) is 29.3 Å². The molecule has 6 nitrogen and oxygen atoms in total. The third-order valence-corrected chi connectivity index (χ3v) is 4.59. The number of hydrogen-bond acceptors (Lipinski definition) is 4. The number of rotatable bonds is 5. The molecule has 0 saturated carbocycles. The summed E-state index contributed by atoms with van der Waals surface area (Å²) in [7, 11) is -1.82. The number of ether oxygens (including phenoxy) is 1. The summed E-state index contributed by atoms with van der Waals surface area (Å²) in [6.07, 6.45) is 2.47. The zero-order chi connectivity index (χ0) is 15.6. The van der Waals surface area contributed by atoms with Crippen LogP contribution in [-0.4, -0.2) is 24.8 Å². The first-order valence-corrected chi connectivity index (χ1v) is 8.08. The minimum Gasteiger partial charge on any atom is -0.493 e. The van der Waals surface area contributed by atoms with Crippen molar-refractivity contribution in [1.82, 2.24) is 9.78 Å². The van der Waals surface area contributed by atoms with E-state index in [1.807, 2.05) is 20.0 Å². The molecule has 1 aromatic carbocycles. The van der Waals surface area contributed by atoms with Gasteiger partial charge in [0.1, 0.15) is 5.75 Å². The van der Waals surface area contributed by atoms with E-state index in [1.54, 1.807) is 23.9 Å². The molecule has 0 fully saturated rings. The van der Waals surface area contributed by atoms with E-state index in [9.17, 15) is 8.42 Å². The lowest BCUT2D eigenvalue weighted by atomic mass is 10.1. The summed E-state index contributed by atoms with van der Waals surface area (Å²) in [5.41, 5.74) is 2.48. The van der Waals surface area contributed by atoms with E-state index in [0.29, 0.717) is 17.9 Å².